The number of hydrogen-bond donors (Lipinski definition) is 0. The molecule has 0 aliphatic carbocycles. The van der Waals surface area contributed by atoms with Gasteiger partial charge in [-0.1, -0.05) is 24.9 Å². The molecule has 1 aromatic heterocycles. The van der Waals surface area contributed by atoms with Crippen molar-refractivity contribution in [3.05, 3.63) is 47.2 Å². The maximum Gasteiger partial charge on any atom is 0.0650 e. The van der Waals surface area contributed by atoms with Gasteiger partial charge in [0.25, 0.3) is 0 Å². The summed E-state index contributed by atoms with van der Waals surface area (Å²) in [4.78, 5) is 0. The van der Waals surface area contributed by atoms with Crippen molar-refractivity contribution in [2.24, 2.45) is 0 Å². The molecule has 1 heterocycles. The zero-order valence-electron chi connectivity index (χ0n) is 8.57. The SMILES string of the molecule is CCCc1[c]cnn1-c1ccc(Cl)cc1. The fourth-order valence-corrected chi connectivity index (χ4v) is 1.64. The van der Waals surface area contributed by atoms with Crippen molar-refractivity contribution in [3.63, 3.8) is 0 Å². The van der Waals surface area contributed by atoms with Crippen LogP contribution in [0, 0.1) is 6.07 Å². The standard InChI is InChI=1S/C12H12ClN2/c1-2-3-11-8-9-14-15(11)12-6-4-10(13)5-7-12/h4-7,9H,2-3H2,1H3. The van der Waals surface area contributed by atoms with E-state index in [1.54, 1.807) is 6.20 Å². The Labute approximate surface area is 94.5 Å². The van der Waals surface area contributed by atoms with Crippen LogP contribution in [-0.4, -0.2) is 9.78 Å². The molecule has 2 nitrogen and oxygen atoms in total. The summed E-state index contributed by atoms with van der Waals surface area (Å²) in [5.74, 6) is 0. The molecular weight excluding hydrogens is 208 g/mol. The number of nitrogens with zero attached hydrogens (tertiary/aromatic N) is 2. The highest BCUT2D eigenvalue weighted by Crippen LogP contribution is 2.15. The molecule has 0 atom stereocenters. The normalized spacial score (nSPS) is 10.5. The third-order valence-corrected chi connectivity index (χ3v) is 2.47. The van der Waals surface area contributed by atoms with E-state index in [0.29, 0.717) is 0 Å². The molecule has 1 radical (unpaired) electrons. The first kappa shape index (κ1) is 10.2. The molecule has 0 saturated heterocycles. The number of aryl methyl sites for hydroxylation is 1. The highest BCUT2D eigenvalue weighted by Gasteiger charge is 2.03. The van der Waals surface area contributed by atoms with E-state index in [0.717, 1.165) is 29.2 Å². The lowest BCUT2D eigenvalue weighted by atomic mass is 10.2. The lowest BCUT2D eigenvalue weighted by Gasteiger charge is -2.06. The third-order valence-electron chi connectivity index (χ3n) is 2.22. The molecule has 0 unspecified atom stereocenters. The summed E-state index contributed by atoms with van der Waals surface area (Å²) < 4.78 is 1.90. The Balaban J connectivity index is 2.36. The second-order valence-corrected chi connectivity index (χ2v) is 3.81. The average Bonchev–Trinajstić information content (AvgIpc) is 2.68. The summed E-state index contributed by atoms with van der Waals surface area (Å²) in [6.45, 7) is 2.15. The summed E-state index contributed by atoms with van der Waals surface area (Å²) in [6, 6.07) is 10.8. The molecule has 0 spiro atoms. The van der Waals surface area contributed by atoms with Crippen LogP contribution in [0.5, 0.6) is 0 Å². The zero-order chi connectivity index (χ0) is 10.7. The van der Waals surface area contributed by atoms with Crippen LogP contribution in [0.15, 0.2) is 30.5 Å². The van der Waals surface area contributed by atoms with Gasteiger partial charge >= 0.3 is 0 Å². The topological polar surface area (TPSA) is 17.8 Å². The summed E-state index contributed by atoms with van der Waals surface area (Å²) in [7, 11) is 0. The fraction of sp³-hybridized carbons (Fsp3) is 0.250. The molecule has 2 aromatic rings. The maximum absolute atomic E-state index is 5.84. The van der Waals surface area contributed by atoms with Crippen LogP contribution in [0.4, 0.5) is 0 Å². The van der Waals surface area contributed by atoms with Crippen molar-refractivity contribution in [3.8, 4) is 5.69 Å². The Hall–Kier alpha value is -1.28. The Morgan fingerprint density at radius 2 is 2.07 bits per heavy atom. The summed E-state index contributed by atoms with van der Waals surface area (Å²) in [6.07, 6.45) is 3.79. The van der Waals surface area contributed by atoms with Gasteiger partial charge in [-0.15, -0.1) is 0 Å². The first-order valence-corrected chi connectivity index (χ1v) is 5.39. The van der Waals surface area contributed by atoms with Crippen LogP contribution < -0.4 is 0 Å². The van der Waals surface area contributed by atoms with Crippen LogP contribution in [-0.2, 0) is 6.42 Å². The molecular formula is C12H12ClN2. The van der Waals surface area contributed by atoms with E-state index in [1.807, 2.05) is 28.9 Å². The fourth-order valence-electron chi connectivity index (χ4n) is 1.51. The maximum atomic E-state index is 5.84. The van der Waals surface area contributed by atoms with Crippen molar-refractivity contribution < 1.29 is 0 Å². The van der Waals surface area contributed by atoms with Gasteiger partial charge in [-0.2, -0.15) is 5.10 Å². The molecule has 0 N–H and O–H groups in total. The van der Waals surface area contributed by atoms with Crippen molar-refractivity contribution >= 4 is 11.6 Å². The molecule has 15 heavy (non-hydrogen) atoms. The van der Waals surface area contributed by atoms with Gasteiger partial charge in [-0.25, -0.2) is 4.68 Å². The van der Waals surface area contributed by atoms with Crippen LogP contribution in [0.2, 0.25) is 5.02 Å². The minimum absolute atomic E-state index is 0.743. The van der Waals surface area contributed by atoms with Crippen LogP contribution in [0.25, 0.3) is 5.69 Å². The van der Waals surface area contributed by atoms with Crippen LogP contribution in [0.1, 0.15) is 19.0 Å². The molecule has 0 fully saturated rings. The van der Waals surface area contributed by atoms with Gasteiger partial charge in [-0.05, 0) is 30.7 Å². The molecule has 0 aliphatic rings. The van der Waals surface area contributed by atoms with E-state index >= 15 is 0 Å². The van der Waals surface area contributed by atoms with E-state index in [2.05, 4.69) is 18.1 Å². The summed E-state index contributed by atoms with van der Waals surface area (Å²) in [5, 5.41) is 5.00. The lowest BCUT2D eigenvalue weighted by Crippen LogP contribution is -2.01. The van der Waals surface area contributed by atoms with E-state index < -0.39 is 0 Å². The van der Waals surface area contributed by atoms with E-state index in [-0.39, 0.29) is 0 Å². The lowest BCUT2D eigenvalue weighted by molar-refractivity contribution is 0.774. The molecule has 0 bridgehead atoms. The average molecular weight is 220 g/mol. The largest absolute Gasteiger partial charge is 0.237 e. The van der Waals surface area contributed by atoms with E-state index in [1.165, 1.54) is 0 Å². The predicted octanol–water partition coefficient (Wildman–Crippen LogP) is 3.28. The van der Waals surface area contributed by atoms with Gasteiger partial charge in [0.05, 0.1) is 17.6 Å². The second kappa shape index (κ2) is 4.49. The molecule has 2 rings (SSSR count). The van der Waals surface area contributed by atoms with E-state index in [4.69, 9.17) is 11.6 Å². The number of rotatable bonds is 3. The zero-order valence-corrected chi connectivity index (χ0v) is 9.33. The predicted molar refractivity (Wildman–Crippen MR) is 61.4 cm³/mol. The Bertz CT molecular complexity index is 431. The monoisotopic (exact) mass is 219 g/mol. The number of benzene rings is 1. The quantitative estimate of drug-likeness (QED) is 0.775. The van der Waals surface area contributed by atoms with Crippen LogP contribution in [0.3, 0.4) is 0 Å². The minimum atomic E-state index is 0.743. The molecule has 1 aromatic carbocycles. The Morgan fingerprint density at radius 1 is 1.33 bits per heavy atom. The van der Waals surface area contributed by atoms with Crippen molar-refractivity contribution in [1.29, 1.82) is 0 Å². The van der Waals surface area contributed by atoms with Gasteiger partial charge in [0.2, 0.25) is 0 Å². The number of aromatic nitrogens is 2. The van der Waals surface area contributed by atoms with Gasteiger partial charge in [-0.3, -0.25) is 0 Å². The molecule has 77 valence electrons. The van der Waals surface area contributed by atoms with Crippen molar-refractivity contribution in [2.75, 3.05) is 0 Å². The first-order valence-electron chi connectivity index (χ1n) is 5.02. The smallest absolute Gasteiger partial charge is 0.0650 e. The molecule has 0 aliphatic heterocycles. The highest BCUT2D eigenvalue weighted by atomic mass is 35.5. The second-order valence-electron chi connectivity index (χ2n) is 3.37. The number of halogens is 1. The third kappa shape index (κ3) is 2.21. The summed E-state index contributed by atoms with van der Waals surface area (Å²) in [5.41, 5.74) is 2.14. The van der Waals surface area contributed by atoms with Crippen molar-refractivity contribution in [1.82, 2.24) is 9.78 Å². The van der Waals surface area contributed by atoms with Gasteiger partial charge in [0.1, 0.15) is 0 Å². The minimum Gasteiger partial charge on any atom is -0.237 e. The molecule has 3 heteroatoms. The van der Waals surface area contributed by atoms with Gasteiger partial charge < -0.3 is 0 Å². The molecule has 0 saturated carbocycles. The van der Waals surface area contributed by atoms with Gasteiger partial charge in [0, 0.05) is 11.1 Å². The number of hydrogen-bond acceptors (Lipinski definition) is 1. The van der Waals surface area contributed by atoms with Crippen molar-refractivity contribution in [2.45, 2.75) is 19.8 Å². The van der Waals surface area contributed by atoms with E-state index in [9.17, 15) is 0 Å². The summed E-state index contributed by atoms with van der Waals surface area (Å²) >= 11 is 5.84. The first-order chi connectivity index (χ1) is 7.31. The molecule has 0 amide bonds. The highest BCUT2D eigenvalue weighted by molar-refractivity contribution is 6.30. The van der Waals surface area contributed by atoms with Gasteiger partial charge in [0.15, 0.2) is 0 Å². The Kier molecular flexibility index (Phi) is 3.07. The van der Waals surface area contributed by atoms with Crippen LogP contribution >= 0.6 is 11.6 Å². The Morgan fingerprint density at radius 3 is 2.73 bits per heavy atom.